The van der Waals surface area contributed by atoms with Gasteiger partial charge < -0.3 is 14.8 Å². The molecule has 2 aliphatic heterocycles. The van der Waals surface area contributed by atoms with E-state index in [4.69, 9.17) is 21.7 Å². The monoisotopic (exact) mass is 592 g/mol. The summed E-state index contributed by atoms with van der Waals surface area (Å²) in [4.78, 5) is 18.7. The first-order valence-electron chi connectivity index (χ1n) is 12.9. The number of aromatic nitrogens is 1. The third-order valence-electron chi connectivity index (χ3n) is 6.78. The molecule has 0 bridgehead atoms. The van der Waals surface area contributed by atoms with E-state index in [-0.39, 0.29) is 28.4 Å². The van der Waals surface area contributed by atoms with E-state index >= 15 is 0 Å². The molecule has 2 aromatic carbocycles. The SMILES string of the molecule is COc1ccc(/C=C2/NC(=S)N(CC3CCCO3)C2=O)cc1CSc1nc(C(F)F)cc(-c2ccccc2)c1C#N. The molecule has 210 valence electrons. The minimum absolute atomic E-state index is 0.0273. The number of nitriles is 1. The number of hydrogen-bond donors (Lipinski definition) is 1. The van der Waals surface area contributed by atoms with Crippen LogP contribution in [0.2, 0.25) is 0 Å². The number of thioether (sulfide) groups is 1. The lowest BCUT2D eigenvalue weighted by Crippen LogP contribution is -2.37. The van der Waals surface area contributed by atoms with E-state index in [1.165, 1.54) is 29.8 Å². The van der Waals surface area contributed by atoms with Crippen LogP contribution in [0.25, 0.3) is 17.2 Å². The highest BCUT2D eigenvalue weighted by Crippen LogP contribution is 2.36. The Morgan fingerprint density at radius 1 is 1.29 bits per heavy atom. The zero-order valence-electron chi connectivity index (χ0n) is 22.1. The maximum Gasteiger partial charge on any atom is 0.280 e. The van der Waals surface area contributed by atoms with Crippen LogP contribution in [0.15, 0.2) is 65.3 Å². The smallest absolute Gasteiger partial charge is 0.280 e. The van der Waals surface area contributed by atoms with Crippen LogP contribution in [0.4, 0.5) is 8.78 Å². The predicted molar refractivity (Wildman–Crippen MR) is 156 cm³/mol. The highest BCUT2D eigenvalue weighted by molar-refractivity contribution is 7.98. The number of amides is 1. The van der Waals surface area contributed by atoms with Crippen molar-refractivity contribution in [3.63, 3.8) is 0 Å². The largest absolute Gasteiger partial charge is 0.496 e. The molecular formula is C30H26F2N4O3S2. The standard InChI is InChI=1S/C30H26F2N4O3S2/c1-38-26-10-9-18(13-25-29(37)36(30(40)35-25)16-21-8-5-11-39-21)12-20(26)17-41-28-23(15-33)22(14-24(34-28)27(31)32)19-6-3-2-4-7-19/h2-4,6-7,9-10,12-14,21,27H,5,8,11,16-17H2,1H3,(H,35,40)/b25-13+. The second-order valence-electron chi connectivity index (χ2n) is 9.45. The van der Waals surface area contributed by atoms with Crippen molar-refractivity contribution in [1.82, 2.24) is 15.2 Å². The zero-order valence-corrected chi connectivity index (χ0v) is 23.7. The molecule has 0 aliphatic carbocycles. The van der Waals surface area contributed by atoms with E-state index in [0.717, 1.165) is 24.0 Å². The molecule has 2 fully saturated rings. The molecule has 7 nitrogen and oxygen atoms in total. The molecule has 1 aromatic heterocycles. The molecule has 0 spiro atoms. The maximum absolute atomic E-state index is 13.8. The predicted octanol–water partition coefficient (Wildman–Crippen LogP) is 6.10. The third kappa shape index (κ3) is 6.40. The van der Waals surface area contributed by atoms with Crippen LogP contribution < -0.4 is 10.1 Å². The summed E-state index contributed by atoms with van der Waals surface area (Å²) in [5, 5.41) is 13.5. The minimum atomic E-state index is -2.80. The van der Waals surface area contributed by atoms with Crippen molar-refractivity contribution >= 4 is 41.1 Å². The van der Waals surface area contributed by atoms with E-state index in [1.54, 1.807) is 36.4 Å². The lowest BCUT2D eigenvalue weighted by atomic mass is 10.0. The van der Waals surface area contributed by atoms with Crippen molar-refractivity contribution in [2.24, 2.45) is 0 Å². The summed E-state index contributed by atoms with van der Waals surface area (Å²) < 4.78 is 38.7. The van der Waals surface area contributed by atoms with Gasteiger partial charge in [-0.05, 0) is 60.5 Å². The first kappa shape index (κ1) is 28.7. The summed E-state index contributed by atoms with van der Waals surface area (Å²) in [5.41, 5.74) is 2.70. The van der Waals surface area contributed by atoms with Gasteiger partial charge in [-0.3, -0.25) is 9.69 Å². The summed E-state index contributed by atoms with van der Waals surface area (Å²) in [5.74, 6) is 0.637. The fraction of sp³-hybridized carbons (Fsp3) is 0.267. The van der Waals surface area contributed by atoms with Gasteiger partial charge in [-0.15, -0.1) is 11.8 Å². The molecule has 1 amide bonds. The van der Waals surface area contributed by atoms with Gasteiger partial charge in [0, 0.05) is 23.5 Å². The molecule has 2 saturated heterocycles. The average molecular weight is 593 g/mol. The number of hydrogen-bond acceptors (Lipinski definition) is 7. The third-order valence-corrected chi connectivity index (χ3v) is 8.13. The zero-order chi connectivity index (χ0) is 28.9. The number of rotatable bonds is 9. The lowest BCUT2D eigenvalue weighted by Gasteiger charge is -2.18. The van der Waals surface area contributed by atoms with E-state index in [1.807, 2.05) is 18.2 Å². The topological polar surface area (TPSA) is 87.5 Å². The Kier molecular flexibility index (Phi) is 8.93. The Morgan fingerprint density at radius 3 is 2.78 bits per heavy atom. The Bertz CT molecular complexity index is 1540. The molecule has 1 unspecified atom stereocenters. The Morgan fingerprint density at radius 2 is 2.10 bits per heavy atom. The quantitative estimate of drug-likeness (QED) is 0.181. The van der Waals surface area contributed by atoms with Crippen molar-refractivity contribution in [2.75, 3.05) is 20.3 Å². The number of carbonyl (C=O) groups excluding carboxylic acids is 1. The van der Waals surface area contributed by atoms with Crippen LogP contribution in [-0.2, 0) is 15.3 Å². The van der Waals surface area contributed by atoms with Crippen LogP contribution in [0.1, 0.15) is 41.7 Å². The normalized spacial score (nSPS) is 17.8. The first-order chi connectivity index (χ1) is 19.9. The highest BCUT2D eigenvalue weighted by Gasteiger charge is 2.33. The number of nitrogens with one attached hydrogen (secondary N) is 1. The van der Waals surface area contributed by atoms with Gasteiger partial charge in [0.15, 0.2) is 5.11 Å². The van der Waals surface area contributed by atoms with Crippen LogP contribution in [0, 0.1) is 11.3 Å². The lowest BCUT2D eigenvalue weighted by molar-refractivity contribution is -0.123. The molecule has 0 radical (unpaired) electrons. The number of benzene rings is 2. The van der Waals surface area contributed by atoms with Gasteiger partial charge in [-0.1, -0.05) is 36.4 Å². The molecule has 0 saturated carbocycles. The van der Waals surface area contributed by atoms with Crippen LogP contribution >= 0.6 is 24.0 Å². The minimum Gasteiger partial charge on any atom is -0.496 e. The number of alkyl halides is 2. The average Bonchev–Trinajstić information content (AvgIpc) is 3.60. The summed E-state index contributed by atoms with van der Waals surface area (Å²) in [6.45, 7) is 1.09. The van der Waals surface area contributed by atoms with Crippen LogP contribution in [-0.4, -0.2) is 47.3 Å². The molecule has 5 rings (SSSR count). The Labute approximate surface area is 246 Å². The summed E-state index contributed by atoms with van der Waals surface area (Å²) >= 11 is 6.56. The molecule has 3 aromatic rings. The molecule has 11 heteroatoms. The Hall–Kier alpha value is -3.85. The molecular weight excluding hydrogens is 566 g/mol. The summed E-state index contributed by atoms with van der Waals surface area (Å²) in [6.07, 6.45) is 0.743. The fourth-order valence-corrected chi connectivity index (χ4v) is 6.01. The van der Waals surface area contributed by atoms with E-state index in [0.29, 0.717) is 40.8 Å². The second-order valence-corrected chi connectivity index (χ2v) is 10.8. The number of methoxy groups -OCH3 is 1. The molecule has 3 heterocycles. The number of carbonyl (C=O) groups is 1. The van der Waals surface area contributed by atoms with E-state index < -0.39 is 12.1 Å². The van der Waals surface area contributed by atoms with Gasteiger partial charge in [-0.25, -0.2) is 13.8 Å². The number of ether oxygens (including phenoxy) is 2. The van der Waals surface area contributed by atoms with Gasteiger partial charge >= 0.3 is 0 Å². The number of halogens is 2. The van der Waals surface area contributed by atoms with Crippen molar-refractivity contribution in [3.8, 4) is 22.9 Å². The maximum atomic E-state index is 13.8. The summed E-state index contributed by atoms with van der Waals surface area (Å²) in [7, 11) is 1.54. The van der Waals surface area contributed by atoms with Crippen LogP contribution in [0.5, 0.6) is 5.75 Å². The highest BCUT2D eigenvalue weighted by atomic mass is 32.2. The van der Waals surface area contributed by atoms with Gasteiger partial charge in [-0.2, -0.15) is 5.26 Å². The number of pyridine rings is 1. The Balaban J connectivity index is 1.41. The molecule has 41 heavy (non-hydrogen) atoms. The van der Waals surface area contributed by atoms with Crippen molar-refractivity contribution in [3.05, 3.63) is 82.7 Å². The summed E-state index contributed by atoms with van der Waals surface area (Å²) in [6, 6.07) is 17.8. The van der Waals surface area contributed by atoms with Gasteiger partial charge in [0.05, 0.1) is 25.3 Å². The van der Waals surface area contributed by atoms with Crippen LogP contribution in [0.3, 0.4) is 0 Å². The molecule has 2 aliphatic rings. The van der Waals surface area contributed by atoms with E-state index in [9.17, 15) is 18.8 Å². The van der Waals surface area contributed by atoms with E-state index in [2.05, 4.69) is 16.4 Å². The van der Waals surface area contributed by atoms with Crippen molar-refractivity contribution in [1.29, 1.82) is 5.26 Å². The van der Waals surface area contributed by atoms with Crippen molar-refractivity contribution < 1.29 is 23.0 Å². The van der Waals surface area contributed by atoms with Gasteiger partial charge in [0.1, 0.15) is 28.2 Å². The first-order valence-corrected chi connectivity index (χ1v) is 14.3. The number of nitrogens with zero attached hydrogens (tertiary/aromatic N) is 3. The van der Waals surface area contributed by atoms with Gasteiger partial charge in [0.25, 0.3) is 12.3 Å². The number of thiocarbonyl (C=S) groups is 1. The second kappa shape index (κ2) is 12.8. The fourth-order valence-electron chi connectivity index (χ4n) is 4.75. The molecule has 1 atom stereocenters. The van der Waals surface area contributed by atoms with Gasteiger partial charge in [0.2, 0.25) is 0 Å². The van der Waals surface area contributed by atoms with Crippen molar-refractivity contribution in [2.45, 2.75) is 36.1 Å². The molecule has 1 N–H and O–H groups in total.